The molecule has 0 heterocycles. The Morgan fingerprint density at radius 3 is 2.29 bits per heavy atom. The van der Waals surface area contributed by atoms with Crippen molar-refractivity contribution in [3.8, 4) is 0 Å². The Labute approximate surface area is 136 Å². The van der Waals surface area contributed by atoms with Crippen molar-refractivity contribution in [2.75, 3.05) is 5.32 Å². The largest absolute Gasteiger partial charge is 0.378 e. The van der Waals surface area contributed by atoms with E-state index >= 15 is 0 Å². The summed E-state index contributed by atoms with van der Waals surface area (Å²) in [6.07, 6.45) is 1.14. The summed E-state index contributed by atoms with van der Waals surface area (Å²) in [6.45, 7) is 8.83. The van der Waals surface area contributed by atoms with Crippen molar-refractivity contribution < 1.29 is 0 Å². The number of halogens is 1. The summed E-state index contributed by atoms with van der Waals surface area (Å²) < 4.78 is 1.15. The van der Waals surface area contributed by atoms with Gasteiger partial charge in [-0.2, -0.15) is 0 Å². The topological polar surface area (TPSA) is 12.0 Å². The summed E-state index contributed by atoms with van der Waals surface area (Å²) in [4.78, 5) is 0. The molecule has 0 aliphatic rings. The second kappa shape index (κ2) is 7.13. The first-order valence-corrected chi connectivity index (χ1v) is 8.37. The van der Waals surface area contributed by atoms with Crippen LogP contribution in [0, 0.1) is 12.8 Å². The standard InChI is InChI=1S/C19H24BrN/c1-13(2)12-16-8-10-17(11-9-16)15(4)21-18-7-5-6-14(3)19(18)20/h5-11,13,15,21H,12H2,1-4H3. The Bertz CT molecular complexity index is 587. The number of hydrogen-bond donors (Lipinski definition) is 1. The van der Waals surface area contributed by atoms with Crippen LogP contribution in [0.15, 0.2) is 46.9 Å². The molecule has 1 unspecified atom stereocenters. The smallest absolute Gasteiger partial charge is 0.0492 e. The molecule has 0 saturated heterocycles. The van der Waals surface area contributed by atoms with E-state index in [1.165, 1.54) is 16.7 Å². The third-order valence-corrected chi connectivity index (χ3v) is 4.74. The molecular weight excluding hydrogens is 322 g/mol. The highest BCUT2D eigenvalue weighted by atomic mass is 79.9. The molecule has 0 amide bonds. The molecular formula is C19H24BrN. The molecule has 2 aromatic rings. The van der Waals surface area contributed by atoms with Crippen molar-refractivity contribution >= 4 is 21.6 Å². The number of benzene rings is 2. The van der Waals surface area contributed by atoms with Gasteiger partial charge in [0, 0.05) is 16.2 Å². The second-order valence-corrected chi connectivity index (χ2v) is 6.94. The minimum Gasteiger partial charge on any atom is -0.378 e. The zero-order valence-electron chi connectivity index (χ0n) is 13.3. The highest BCUT2D eigenvalue weighted by Gasteiger charge is 2.09. The molecule has 0 fully saturated rings. The molecule has 0 aliphatic carbocycles. The van der Waals surface area contributed by atoms with Crippen LogP contribution in [-0.2, 0) is 6.42 Å². The van der Waals surface area contributed by atoms with Gasteiger partial charge in [0.15, 0.2) is 0 Å². The predicted molar refractivity (Wildman–Crippen MR) is 95.9 cm³/mol. The lowest BCUT2D eigenvalue weighted by atomic mass is 10.00. The van der Waals surface area contributed by atoms with Crippen molar-refractivity contribution in [2.45, 2.75) is 40.2 Å². The fraction of sp³-hybridized carbons (Fsp3) is 0.368. The zero-order chi connectivity index (χ0) is 15.4. The van der Waals surface area contributed by atoms with Crippen molar-refractivity contribution in [2.24, 2.45) is 5.92 Å². The first-order valence-electron chi connectivity index (χ1n) is 7.58. The van der Waals surface area contributed by atoms with Crippen molar-refractivity contribution in [1.29, 1.82) is 0 Å². The maximum atomic E-state index is 3.66. The van der Waals surface area contributed by atoms with Crippen LogP contribution >= 0.6 is 15.9 Å². The summed E-state index contributed by atoms with van der Waals surface area (Å²) in [5.41, 5.74) is 5.13. The van der Waals surface area contributed by atoms with E-state index in [-0.39, 0.29) is 6.04 Å². The monoisotopic (exact) mass is 345 g/mol. The van der Waals surface area contributed by atoms with E-state index in [4.69, 9.17) is 0 Å². The van der Waals surface area contributed by atoms with Gasteiger partial charge in [-0.05, 0) is 64.9 Å². The average molecular weight is 346 g/mol. The third-order valence-electron chi connectivity index (χ3n) is 3.69. The zero-order valence-corrected chi connectivity index (χ0v) is 14.9. The normalized spacial score (nSPS) is 12.5. The van der Waals surface area contributed by atoms with E-state index in [1.807, 2.05) is 0 Å². The number of anilines is 1. The molecule has 1 nitrogen and oxygen atoms in total. The van der Waals surface area contributed by atoms with Crippen LogP contribution in [0.4, 0.5) is 5.69 Å². The van der Waals surface area contributed by atoms with Gasteiger partial charge < -0.3 is 5.32 Å². The van der Waals surface area contributed by atoms with E-state index in [1.54, 1.807) is 0 Å². The molecule has 21 heavy (non-hydrogen) atoms. The highest BCUT2D eigenvalue weighted by molar-refractivity contribution is 9.10. The lowest BCUT2D eigenvalue weighted by molar-refractivity contribution is 0.647. The van der Waals surface area contributed by atoms with E-state index in [2.05, 4.69) is 91.4 Å². The van der Waals surface area contributed by atoms with E-state index in [9.17, 15) is 0 Å². The van der Waals surface area contributed by atoms with Crippen molar-refractivity contribution in [1.82, 2.24) is 0 Å². The fourth-order valence-corrected chi connectivity index (χ4v) is 2.87. The van der Waals surface area contributed by atoms with Gasteiger partial charge in [-0.15, -0.1) is 0 Å². The molecule has 2 aromatic carbocycles. The SMILES string of the molecule is Cc1cccc(NC(C)c2ccc(CC(C)C)cc2)c1Br. The van der Waals surface area contributed by atoms with Crippen LogP contribution in [0.3, 0.4) is 0 Å². The Hall–Kier alpha value is -1.28. The van der Waals surface area contributed by atoms with Crippen molar-refractivity contribution in [3.63, 3.8) is 0 Å². The van der Waals surface area contributed by atoms with Crippen molar-refractivity contribution in [3.05, 3.63) is 63.6 Å². The first-order chi connectivity index (χ1) is 9.97. The minimum absolute atomic E-state index is 0.288. The minimum atomic E-state index is 0.288. The maximum absolute atomic E-state index is 3.66. The second-order valence-electron chi connectivity index (χ2n) is 6.14. The lowest BCUT2D eigenvalue weighted by Gasteiger charge is -2.18. The molecule has 0 radical (unpaired) electrons. The number of aryl methyl sites for hydroxylation is 1. The molecule has 2 heteroatoms. The molecule has 2 rings (SSSR count). The summed E-state index contributed by atoms with van der Waals surface area (Å²) in [7, 11) is 0. The van der Waals surface area contributed by atoms with Crippen LogP contribution in [0.5, 0.6) is 0 Å². The molecule has 0 aliphatic heterocycles. The summed E-state index contributed by atoms with van der Waals surface area (Å²) in [5, 5.41) is 3.58. The van der Waals surface area contributed by atoms with Gasteiger partial charge in [0.25, 0.3) is 0 Å². The maximum Gasteiger partial charge on any atom is 0.0492 e. The number of nitrogens with one attached hydrogen (secondary N) is 1. The van der Waals surface area contributed by atoms with Gasteiger partial charge in [-0.1, -0.05) is 50.2 Å². The van der Waals surface area contributed by atoms with Gasteiger partial charge in [0.05, 0.1) is 0 Å². The van der Waals surface area contributed by atoms with Gasteiger partial charge >= 0.3 is 0 Å². The Kier molecular flexibility index (Phi) is 5.46. The quantitative estimate of drug-likeness (QED) is 0.687. The third kappa shape index (κ3) is 4.34. The van der Waals surface area contributed by atoms with Gasteiger partial charge in [-0.3, -0.25) is 0 Å². The van der Waals surface area contributed by atoms with Crippen LogP contribution in [0.2, 0.25) is 0 Å². The van der Waals surface area contributed by atoms with Crippen LogP contribution in [-0.4, -0.2) is 0 Å². The van der Waals surface area contributed by atoms with Crippen LogP contribution < -0.4 is 5.32 Å². The highest BCUT2D eigenvalue weighted by Crippen LogP contribution is 2.29. The van der Waals surface area contributed by atoms with Gasteiger partial charge in [0.2, 0.25) is 0 Å². The Morgan fingerprint density at radius 1 is 1.00 bits per heavy atom. The van der Waals surface area contributed by atoms with Crippen LogP contribution in [0.1, 0.15) is 43.5 Å². The Balaban J connectivity index is 2.09. The lowest BCUT2D eigenvalue weighted by Crippen LogP contribution is -2.07. The first kappa shape index (κ1) is 16.1. The summed E-state index contributed by atoms with van der Waals surface area (Å²) >= 11 is 3.66. The number of rotatable bonds is 5. The predicted octanol–water partition coefficient (Wildman–Crippen LogP) is 6.13. The molecule has 1 atom stereocenters. The summed E-state index contributed by atoms with van der Waals surface area (Å²) in [6, 6.07) is 15.6. The van der Waals surface area contributed by atoms with E-state index in [0.717, 1.165) is 16.6 Å². The van der Waals surface area contributed by atoms with Gasteiger partial charge in [0.1, 0.15) is 0 Å². The van der Waals surface area contributed by atoms with E-state index in [0.29, 0.717) is 5.92 Å². The van der Waals surface area contributed by atoms with Gasteiger partial charge in [-0.25, -0.2) is 0 Å². The van der Waals surface area contributed by atoms with E-state index < -0.39 is 0 Å². The fourth-order valence-electron chi connectivity index (χ4n) is 2.49. The molecule has 1 N–H and O–H groups in total. The average Bonchev–Trinajstić information content (AvgIpc) is 2.44. The number of hydrogen-bond acceptors (Lipinski definition) is 1. The summed E-state index contributed by atoms with van der Waals surface area (Å²) in [5.74, 6) is 0.703. The van der Waals surface area contributed by atoms with Crippen LogP contribution in [0.25, 0.3) is 0 Å². The Morgan fingerprint density at radius 2 is 1.67 bits per heavy atom. The molecule has 0 aromatic heterocycles. The molecule has 0 spiro atoms. The molecule has 112 valence electrons. The molecule has 0 bridgehead atoms. The molecule has 0 saturated carbocycles.